The second-order valence-corrected chi connectivity index (χ2v) is 7.20. The molecule has 2 heterocycles. The molecular formula is C21H25N5O. The van der Waals surface area contributed by atoms with Crippen LogP contribution in [-0.4, -0.2) is 32.3 Å². The standard InChI is InChI=1S/C21H25N5O/c22-19(27)11-5-13-26(14-20-24-16-8-1-2-9-17(16)25-20)18-10-3-6-15-7-4-12-23-21(15)18/h1-2,4,7-9,12,18H,3,5-6,10-11,13-14H2,(H2,22,27)(H,24,25). The van der Waals surface area contributed by atoms with Gasteiger partial charge in [-0.15, -0.1) is 0 Å². The summed E-state index contributed by atoms with van der Waals surface area (Å²) in [6.07, 6.45) is 6.32. The molecule has 0 fully saturated rings. The van der Waals surface area contributed by atoms with Crippen LogP contribution < -0.4 is 5.73 Å². The van der Waals surface area contributed by atoms with E-state index < -0.39 is 0 Å². The molecule has 0 aliphatic heterocycles. The van der Waals surface area contributed by atoms with Crippen molar-refractivity contribution < 1.29 is 4.79 Å². The Kier molecular flexibility index (Phi) is 5.16. The third-order valence-corrected chi connectivity index (χ3v) is 5.27. The molecule has 6 heteroatoms. The van der Waals surface area contributed by atoms with Gasteiger partial charge in [-0.25, -0.2) is 4.98 Å². The number of aromatic amines is 1. The van der Waals surface area contributed by atoms with Crippen LogP contribution in [0, 0.1) is 0 Å². The van der Waals surface area contributed by atoms with Gasteiger partial charge in [-0.1, -0.05) is 18.2 Å². The molecule has 0 bridgehead atoms. The highest BCUT2D eigenvalue weighted by molar-refractivity contribution is 5.74. The van der Waals surface area contributed by atoms with Crippen LogP contribution in [0.4, 0.5) is 0 Å². The first-order chi connectivity index (χ1) is 13.2. The molecule has 0 saturated carbocycles. The molecule has 140 valence electrons. The molecule has 1 aliphatic rings. The van der Waals surface area contributed by atoms with E-state index in [9.17, 15) is 4.79 Å². The quantitative estimate of drug-likeness (QED) is 0.675. The normalized spacial score (nSPS) is 16.6. The maximum atomic E-state index is 11.2. The van der Waals surface area contributed by atoms with Crippen molar-refractivity contribution in [2.75, 3.05) is 6.54 Å². The summed E-state index contributed by atoms with van der Waals surface area (Å²) < 4.78 is 0. The van der Waals surface area contributed by atoms with E-state index in [1.807, 2.05) is 36.5 Å². The van der Waals surface area contributed by atoms with Crippen molar-refractivity contribution in [3.05, 3.63) is 59.7 Å². The minimum Gasteiger partial charge on any atom is -0.370 e. The first-order valence-electron chi connectivity index (χ1n) is 9.60. The van der Waals surface area contributed by atoms with Crippen LogP contribution in [0.2, 0.25) is 0 Å². The lowest BCUT2D eigenvalue weighted by molar-refractivity contribution is -0.118. The second kappa shape index (κ2) is 7.88. The highest BCUT2D eigenvalue weighted by Gasteiger charge is 2.27. The van der Waals surface area contributed by atoms with Gasteiger partial charge in [-0.2, -0.15) is 0 Å². The molecule has 0 spiro atoms. The van der Waals surface area contributed by atoms with Crippen molar-refractivity contribution in [1.29, 1.82) is 0 Å². The zero-order valence-corrected chi connectivity index (χ0v) is 15.4. The fourth-order valence-electron chi connectivity index (χ4n) is 4.01. The van der Waals surface area contributed by atoms with Gasteiger partial charge in [0.25, 0.3) is 0 Å². The fourth-order valence-corrected chi connectivity index (χ4v) is 4.01. The van der Waals surface area contributed by atoms with Gasteiger partial charge in [0.05, 0.1) is 29.3 Å². The number of nitrogens with two attached hydrogens (primary N) is 1. The van der Waals surface area contributed by atoms with E-state index in [0.717, 1.165) is 49.1 Å². The van der Waals surface area contributed by atoms with Crippen LogP contribution in [0.15, 0.2) is 42.6 Å². The zero-order valence-electron chi connectivity index (χ0n) is 15.4. The van der Waals surface area contributed by atoms with Gasteiger partial charge in [0.15, 0.2) is 0 Å². The SMILES string of the molecule is NC(=O)CCCN(Cc1nc2ccccc2[nH]1)C1CCCc2cccnc21. The molecule has 4 rings (SSSR count). The minimum atomic E-state index is -0.249. The van der Waals surface area contributed by atoms with E-state index in [0.29, 0.717) is 13.0 Å². The molecule has 2 aromatic heterocycles. The number of fused-ring (bicyclic) bond motifs is 2. The van der Waals surface area contributed by atoms with Gasteiger partial charge in [-0.05, 0) is 56.0 Å². The molecule has 0 radical (unpaired) electrons. The fraction of sp³-hybridized carbons (Fsp3) is 0.381. The van der Waals surface area contributed by atoms with Crippen molar-refractivity contribution in [2.24, 2.45) is 5.73 Å². The number of aromatic nitrogens is 3. The first kappa shape index (κ1) is 17.7. The molecule has 0 saturated heterocycles. The summed E-state index contributed by atoms with van der Waals surface area (Å²) in [5.41, 5.74) is 9.87. The Balaban J connectivity index is 1.59. The summed E-state index contributed by atoms with van der Waals surface area (Å²) in [6.45, 7) is 1.49. The van der Waals surface area contributed by atoms with Crippen LogP contribution in [0.1, 0.15) is 48.8 Å². The summed E-state index contributed by atoms with van der Waals surface area (Å²) in [7, 11) is 0. The number of benzene rings is 1. The Morgan fingerprint density at radius 3 is 3.00 bits per heavy atom. The van der Waals surface area contributed by atoms with Crippen LogP contribution in [-0.2, 0) is 17.8 Å². The average molecular weight is 363 g/mol. The Hall–Kier alpha value is -2.73. The molecule has 27 heavy (non-hydrogen) atoms. The smallest absolute Gasteiger partial charge is 0.217 e. The van der Waals surface area contributed by atoms with Crippen molar-refractivity contribution in [2.45, 2.75) is 44.7 Å². The zero-order chi connectivity index (χ0) is 18.6. The number of amides is 1. The number of aryl methyl sites for hydroxylation is 1. The number of primary amides is 1. The second-order valence-electron chi connectivity index (χ2n) is 7.20. The topological polar surface area (TPSA) is 87.9 Å². The van der Waals surface area contributed by atoms with Crippen molar-refractivity contribution in [3.63, 3.8) is 0 Å². The number of nitrogens with zero attached hydrogens (tertiary/aromatic N) is 3. The summed E-state index contributed by atoms with van der Waals surface area (Å²) in [5, 5.41) is 0. The maximum absolute atomic E-state index is 11.2. The third-order valence-electron chi connectivity index (χ3n) is 5.27. The van der Waals surface area contributed by atoms with E-state index >= 15 is 0 Å². The molecule has 1 amide bonds. The number of H-pyrrole nitrogens is 1. The number of para-hydroxylation sites is 2. The number of pyridine rings is 1. The van der Waals surface area contributed by atoms with Crippen LogP contribution >= 0.6 is 0 Å². The Morgan fingerprint density at radius 1 is 1.26 bits per heavy atom. The molecular weight excluding hydrogens is 338 g/mol. The number of nitrogens with one attached hydrogen (secondary N) is 1. The molecule has 1 aromatic carbocycles. The third kappa shape index (κ3) is 4.01. The van der Waals surface area contributed by atoms with Gasteiger partial charge in [-0.3, -0.25) is 14.7 Å². The van der Waals surface area contributed by atoms with Crippen LogP contribution in [0.25, 0.3) is 11.0 Å². The summed E-state index contributed by atoms with van der Waals surface area (Å²) in [4.78, 5) is 26.4. The predicted molar refractivity (Wildman–Crippen MR) is 105 cm³/mol. The molecule has 3 N–H and O–H groups in total. The van der Waals surface area contributed by atoms with E-state index in [4.69, 9.17) is 10.7 Å². The monoisotopic (exact) mass is 363 g/mol. The molecule has 1 aliphatic carbocycles. The molecule has 6 nitrogen and oxygen atoms in total. The summed E-state index contributed by atoms with van der Waals surface area (Å²) >= 11 is 0. The molecule has 1 unspecified atom stereocenters. The molecule has 3 aromatic rings. The number of imidazole rings is 1. The van der Waals surface area contributed by atoms with Gasteiger partial charge in [0, 0.05) is 12.6 Å². The van der Waals surface area contributed by atoms with Crippen LogP contribution in [0.5, 0.6) is 0 Å². The lowest BCUT2D eigenvalue weighted by atomic mass is 9.90. The summed E-state index contributed by atoms with van der Waals surface area (Å²) in [6, 6.07) is 12.5. The van der Waals surface area contributed by atoms with Crippen molar-refractivity contribution in [1.82, 2.24) is 19.9 Å². The maximum Gasteiger partial charge on any atom is 0.217 e. The average Bonchev–Trinajstić information content (AvgIpc) is 3.09. The number of rotatable bonds is 7. The van der Waals surface area contributed by atoms with Crippen molar-refractivity contribution in [3.8, 4) is 0 Å². The number of hydrogen-bond donors (Lipinski definition) is 2. The minimum absolute atomic E-state index is 0.246. The van der Waals surface area contributed by atoms with E-state index in [1.165, 1.54) is 11.3 Å². The Labute approximate surface area is 158 Å². The lowest BCUT2D eigenvalue weighted by Crippen LogP contribution is -2.33. The first-order valence-corrected chi connectivity index (χ1v) is 9.60. The Bertz CT molecular complexity index is 902. The van der Waals surface area contributed by atoms with Crippen molar-refractivity contribution >= 4 is 16.9 Å². The highest BCUT2D eigenvalue weighted by atomic mass is 16.1. The lowest BCUT2D eigenvalue weighted by Gasteiger charge is -2.34. The van der Waals surface area contributed by atoms with E-state index in [-0.39, 0.29) is 11.9 Å². The predicted octanol–water partition coefficient (Wildman–Crippen LogP) is 3.10. The van der Waals surface area contributed by atoms with E-state index in [1.54, 1.807) is 0 Å². The van der Waals surface area contributed by atoms with E-state index in [2.05, 4.69) is 20.9 Å². The number of hydrogen-bond acceptors (Lipinski definition) is 4. The van der Waals surface area contributed by atoms with Gasteiger partial charge < -0.3 is 10.7 Å². The number of carbonyl (C=O) groups is 1. The number of carbonyl (C=O) groups excluding carboxylic acids is 1. The van der Waals surface area contributed by atoms with Gasteiger partial charge in [0.2, 0.25) is 5.91 Å². The largest absolute Gasteiger partial charge is 0.370 e. The summed E-state index contributed by atoms with van der Waals surface area (Å²) in [5.74, 6) is 0.694. The van der Waals surface area contributed by atoms with Gasteiger partial charge >= 0.3 is 0 Å². The van der Waals surface area contributed by atoms with Crippen LogP contribution in [0.3, 0.4) is 0 Å². The molecule has 1 atom stereocenters. The highest BCUT2D eigenvalue weighted by Crippen LogP contribution is 2.33. The van der Waals surface area contributed by atoms with Gasteiger partial charge in [0.1, 0.15) is 5.82 Å². The Morgan fingerprint density at radius 2 is 2.15 bits per heavy atom.